The number of methoxy groups -OCH3 is 1. The van der Waals surface area contributed by atoms with Crippen LogP contribution in [0.1, 0.15) is 0 Å². The Morgan fingerprint density at radius 2 is 2.27 bits per heavy atom. The molecule has 0 heterocycles. The molecule has 0 fully saturated rings. The molecule has 0 amide bonds. The Bertz CT molecular complexity index is 303. The number of hydrogen-bond donors (Lipinski definition) is 0. The van der Waals surface area contributed by atoms with E-state index in [9.17, 15) is 0 Å². The van der Waals surface area contributed by atoms with E-state index in [2.05, 4.69) is 4.85 Å². The number of ether oxygens (including phenoxy) is 1. The summed E-state index contributed by atoms with van der Waals surface area (Å²) in [5.41, 5.74) is 0.444. The minimum Gasteiger partial charge on any atom is -0.506 e. The maximum absolute atomic E-state index is 6.77. The Kier molecular flexibility index (Phi) is 2.35. The van der Waals surface area contributed by atoms with Crippen LogP contribution in [0.2, 0.25) is 5.02 Å². The molecule has 0 radical (unpaired) electrons. The molecule has 0 aromatic heterocycles. The first-order valence-electron chi connectivity index (χ1n) is 2.99. The van der Waals surface area contributed by atoms with Gasteiger partial charge in [0.15, 0.2) is 0 Å². The molecule has 1 aromatic carbocycles. The number of benzene rings is 1. The molecule has 1 rings (SSSR count). The fourth-order valence-corrected chi connectivity index (χ4v) is 1.03. The number of nitrogens with zero attached hydrogens (tertiary/aromatic N) is 1. The molecular weight excluding hydrogens is 162 g/mol. The highest BCUT2D eigenvalue weighted by molar-refractivity contribution is 6.32. The Labute approximate surface area is 70.2 Å². The fraction of sp³-hybridized carbons (Fsp3) is 0.125. The van der Waals surface area contributed by atoms with Crippen LogP contribution in [-0.2, 0) is 0 Å². The lowest BCUT2D eigenvalue weighted by molar-refractivity contribution is 0.417. The van der Waals surface area contributed by atoms with Crippen molar-refractivity contribution in [2.45, 2.75) is 0 Å². The van der Waals surface area contributed by atoms with Crippen molar-refractivity contribution in [2.75, 3.05) is 7.11 Å². The summed E-state index contributed by atoms with van der Waals surface area (Å²) >= 11 is 5.74. The fourth-order valence-electron chi connectivity index (χ4n) is 0.788. The first-order valence-corrected chi connectivity index (χ1v) is 3.37. The molecule has 0 aliphatic heterocycles. The van der Waals surface area contributed by atoms with Gasteiger partial charge >= 0.3 is 0 Å². The van der Waals surface area contributed by atoms with Gasteiger partial charge < -0.3 is 4.74 Å². The van der Waals surface area contributed by atoms with Gasteiger partial charge in [-0.25, -0.2) is 4.85 Å². The largest absolute Gasteiger partial charge is 0.506 e. The lowest BCUT2D eigenvalue weighted by Gasteiger charge is -2.03. The summed E-state index contributed by atoms with van der Waals surface area (Å²) in [6.07, 6.45) is 0. The van der Waals surface area contributed by atoms with Gasteiger partial charge in [-0.3, -0.25) is 0 Å². The lowest BCUT2D eigenvalue weighted by Crippen LogP contribution is -1.82. The lowest BCUT2D eigenvalue weighted by atomic mass is 10.3. The second-order valence-corrected chi connectivity index (χ2v) is 2.31. The van der Waals surface area contributed by atoms with Crippen LogP contribution >= 0.6 is 11.6 Å². The van der Waals surface area contributed by atoms with Gasteiger partial charge in [-0.05, 0) is 6.07 Å². The molecule has 3 heteroatoms. The SMILES string of the molecule is [C-]#[N+]c1cccc(Cl)c1OC. The second-order valence-electron chi connectivity index (χ2n) is 1.90. The predicted octanol–water partition coefficient (Wildman–Crippen LogP) is 2.90. The summed E-state index contributed by atoms with van der Waals surface area (Å²) in [5.74, 6) is 0.448. The number of halogens is 1. The van der Waals surface area contributed by atoms with E-state index in [0.29, 0.717) is 16.5 Å². The van der Waals surface area contributed by atoms with Crippen molar-refractivity contribution in [3.63, 3.8) is 0 Å². The summed E-state index contributed by atoms with van der Waals surface area (Å²) in [6, 6.07) is 5.07. The Balaban J connectivity index is 3.27. The second kappa shape index (κ2) is 3.27. The molecule has 0 saturated heterocycles. The third-order valence-corrected chi connectivity index (χ3v) is 1.57. The third-order valence-electron chi connectivity index (χ3n) is 1.27. The van der Waals surface area contributed by atoms with E-state index in [1.807, 2.05) is 0 Å². The summed E-state index contributed by atoms with van der Waals surface area (Å²) < 4.78 is 4.92. The minimum atomic E-state index is 0.444. The monoisotopic (exact) mass is 167 g/mol. The summed E-state index contributed by atoms with van der Waals surface area (Å²) in [7, 11) is 1.50. The van der Waals surface area contributed by atoms with Crippen molar-refractivity contribution in [1.29, 1.82) is 0 Å². The van der Waals surface area contributed by atoms with Gasteiger partial charge in [0, 0.05) is 0 Å². The normalized spacial score (nSPS) is 8.82. The molecule has 0 bridgehead atoms. The molecule has 0 aliphatic carbocycles. The molecule has 0 saturated carbocycles. The highest BCUT2D eigenvalue weighted by Gasteiger charge is 2.04. The van der Waals surface area contributed by atoms with Crippen LogP contribution in [0.3, 0.4) is 0 Å². The van der Waals surface area contributed by atoms with Crippen molar-refractivity contribution in [3.05, 3.63) is 34.6 Å². The first kappa shape index (κ1) is 7.90. The highest BCUT2D eigenvalue weighted by atomic mass is 35.5. The van der Waals surface area contributed by atoms with Gasteiger partial charge in [0.1, 0.15) is 5.75 Å². The zero-order valence-electron chi connectivity index (χ0n) is 5.97. The van der Waals surface area contributed by atoms with Crippen molar-refractivity contribution in [1.82, 2.24) is 0 Å². The van der Waals surface area contributed by atoms with Crippen molar-refractivity contribution >= 4 is 17.3 Å². The zero-order valence-corrected chi connectivity index (χ0v) is 6.72. The summed E-state index contributed by atoms with van der Waals surface area (Å²) in [5, 5.41) is 0.473. The van der Waals surface area contributed by atoms with Gasteiger partial charge in [-0.2, -0.15) is 0 Å². The average molecular weight is 168 g/mol. The van der Waals surface area contributed by atoms with Crippen molar-refractivity contribution in [2.24, 2.45) is 0 Å². The minimum absolute atomic E-state index is 0.444. The van der Waals surface area contributed by atoms with Gasteiger partial charge in [-0.15, -0.1) is 0 Å². The molecule has 0 N–H and O–H groups in total. The predicted molar refractivity (Wildman–Crippen MR) is 44.3 cm³/mol. The van der Waals surface area contributed by atoms with Gasteiger partial charge in [-0.1, -0.05) is 23.7 Å². The van der Waals surface area contributed by atoms with E-state index < -0.39 is 0 Å². The zero-order chi connectivity index (χ0) is 8.27. The smallest absolute Gasteiger partial charge is 0.229 e. The standard InChI is InChI=1S/C8H6ClNO/c1-10-7-5-3-4-6(9)8(7)11-2/h3-5H,2H3. The first-order chi connectivity index (χ1) is 5.29. The molecule has 0 unspecified atom stereocenters. The van der Waals surface area contributed by atoms with Crippen LogP contribution in [0, 0.1) is 6.57 Å². The summed E-state index contributed by atoms with van der Waals surface area (Å²) in [6.45, 7) is 6.77. The topological polar surface area (TPSA) is 13.6 Å². The molecular formula is C8H6ClNO. The third kappa shape index (κ3) is 1.44. The van der Waals surface area contributed by atoms with E-state index in [0.717, 1.165) is 0 Å². The molecule has 2 nitrogen and oxygen atoms in total. The summed E-state index contributed by atoms with van der Waals surface area (Å²) in [4.78, 5) is 3.24. The molecule has 0 spiro atoms. The van der Waals surface area contributed by atoms with Crippen LogP contribution in [0.4, 0.5) is 5.69 Å². The number of rotatable bonds is 1. The Morgan fingerprint density at radius 1 is 1.55 bits per heavy atom. The van der Waals surface area contributed by atoms with Crippen LogP contribution < -0.4 is 4.74 Å². The van der Waals surface area contributed by atoms with Crippen molar-refractivity contribution in [3.8, 4) is 5.75 Å². The van der Waals surface area contributed by atoms with Crippen LogP contribution in [0.15, 0.2) is 18.2 Å². The maximum atomic E-state index is 6.77. The molecule has 0 aliphatic rings. The number of hydrogen-bond acceptors (Lipinski definition) is 1. The van der Waals surface area contributed by atoms with E-state index in [1.165, 1.54) is 7.11 Å². The van der Waals surface area contributed by atoms with Gasteiger partial charge in [0.05, 0.1) is 18.7 Å². The van der Waals surface area contributed by atoms with Crippen LogP contribution in [-0.4, -0.2) is 7.11 Å². The maximum Gasteiger partial charge on any atom is 0.229 e. The average Bonchev–Trinajstić information content (AvgIpc) is 2.04. The Hall–Kier alpha value is -1.20. The highest BCUT2D eigenvalue weighted by Crippen LogP contribution is 2.34. The molecule has 11 heavy (non-hydrogen) atoms. The van der Waals surface area contributed by atoms with E-state index in [-0.39, 0.29) is 0 Å². The van der Waals surface area contributed by atoms with Crippen molar-refractivity contribution < 1.29 is 4.74 Å². The van der Waals surface area contributed by atoms with Gasteiger partial charge in [0.2, 0.25) is 5.69 Å². The molecule has 56 valence electrons. The van der Waals surface area contributed by atoms with Gasteiger partial charge in [0.25, 0.3) is 0 Å². The molecule has 1 aromatic rings. The Morgan fingerprint density at radius 3 is 2.73 bits per heavy atom. The van der Waals surface area contributed by atoms with E-state index in [1.54, 1.807) is 18.2 Å². The van der Waals surface area contributed by atoms with Crippen LogP contribution in [0.5, 0.6) is 5.75 Å². The quantitative estimate of drug-likeness (QED) is 0.587. The van der Waals surface area contributed by atoms with E-state index >= 15 is 0 Å². The van der Waals surface area contributed by atoms with Crippen LogP contribution in [0.25, 0.3) is 4.85 Å². The number of para-hydroxylation sites is 1. The molecule has 0 atom stereocenters. The van der Waals surface area contributed by atoms with E-state index in [4.69, 9.17) is 22.9 Å².